The van der Waals surface area contributed by atoms with Gasteiger partial charge in [0.25, 0.3) is 0 Å². The van der Waals surface area contributed by atoms with Crippen molar-refractivity contribution in [3.05, 3.63) is 47.3 Å². The molecule has 20 heavy (non-hydrogen) atoms. The van der Waals surface area contributed by atoms with E-state index in [-0.39, 0.29) is 16.9 Å². The average molecular weight is 297 g/mol. The van der Waals surface area contributed by atoms with Crippen molar-refractivity contribution >= 4 is 11.6 Å². The Morgan fingerprint density at radius 2 is 2.20 bits per heavy atom. The molecule has 6 heteroatoms. The molecule has 0 radical (unpaired) electrons. The maximum absolute atomic E-state index is 13.1. The molecule has 0 saturated heterocycles. The highest BCUT2D eigenvalue weighted by Gasteiger charge is 2.11. The second-order valence-corrected chi connectivity index (χ2v) is 5.32. The maximum Gasteiger partial charge on any atom is 0.141 e. The third kappa shape index (κ3) is 4.02. The number of hydrogen-bond donors (Lipinski definition) is 1. The number of aromatic nitrogens is 3. The minimum Gasteiger partial charge on any atom is -0.308 e. The van der Waals surface area contributed by atoms with Crippen LogP contribution in [0.2, 0.25) is 5.02 Å². The number of aryl methyl sites for hydroxylation is 1. The molecule has 1 aromatic carbocycles. The lowest BCUT2D eigenvalue weighted by Crippen LogP contribution is -2.30. The predicted octanol–water partition coefficient (Wildman–Crippen LogP) is 3.20. The molecule has 2 atom stereocenters. The van der Waals surface area contributed by atoms with Crippen molar-refractivity contribution in [2.75, 3.05) is 0 Å². The minimum absolute atomic E-state index is 0.110. The van der Waals surface area contributed by atoms with Gasteiger partial charge >= 0.3 is 0 Å². The fraction of sp³-hybridized carbons (Fsp3) is 0.429. The summed E-state index contributed by atoms with van der Waals surface area (Å²) in [5.41, 5.74) is 0.976. The second kappa shape index (κ2) is 6.81. The lowest BCUT2D eigenvalue weighted by atomic mass is 10.1. The van der Waals surface area contributed by atoms with E-state index in [1.54, 1.807) is 23.1 Å². The molecule has 0 bridgehead atoms. The Bertz CT molecular complexity index is 544. The van der Waals surface area contributed by atoms with Gasteiger partial charge < -0.3 is 5.32 Å². The summed E-state index contributed by atoms with van der Waals surface area (Å²) in [6.07, 6.45) is 4.17. The molecule has 1 N–H and O–H groups in total. The molecule has 0 aliphatic carbocycles. The third-order valence-electron chi connectivity index (χ3n) is 3.24. The number of nitrogens with zero attached hydrogens (tertiary/aromatic N) is 3. The van der Waals surface area contributed by atoms with Crippen molar-refractivity contribution in [2.24, 2.45) is 0 Å². The quantitative estimate of drug-likeness (QED) is 0.890. The molecule has 2 unspecified atom stereocenters. The van der Waals surface area contributed by atoms with Gasteiger partial charge in [-0.2, -0.15) is 5.10 Å². The SMILES string of the molecule is CC(CCn1cncn1)NC(C)c1ccc(F)c(Cl)c1. The van der Waals surface area contributed by atoms with Crippen LogP contribution in [0.4, 0.5) is 4.39 Å². The van der Waals surface area contributed by atoms with Gasteiger partial charge in [0.15, 0.2) is 0 Å². The van der Waals surface area contributed by atoms with Crippen LogP contribution in [0.5, 0.6) is 0 Å². The van der Waals surface area contributed by atoms with Crippen molar-refractivity contribution in [1.29, 1.82) is 0 Å². The van der Waals surface area contributed by atoms with Crippen LogP contribution in [-0.2, 0) is 6.54 Å². The fourth-order valence-corrected chi connectivity index (χ4v) is 2.25. The Kier molecular flexibility index (Phi) is 5.09. The summed E-state index contributed by atoms with van der Waals surface area (Å²) < 4.78 is 14.9. The van der Waals surface area contributed by atoms with Crippen molar-refractivity contribution in [3.63, 3.8) is 0 Å². The van der Waals surface area contributed by atoms with Gasteiger partial charge in [0.1, 0.15) is 18.5 Å². The van der Waals surface area contributed by atoms with Gasteiger partial charge in [0, 0.05) is 18.6 Å². The van der Waals surface area contributed by atoms with Crippen molar-refractivity contribution in [2.45, 2.75) is 38.9 Å². The predicted molar refractivity (Wildman–Crippen MR) is 77.1 cm³/mol. The van der Waals surface area contributed by atoms with Crippen LogP contribution in [0, 0.1) is 5.82 Å². The van der Waals surface area contributed by atoms with E-state index in [0.29, 0.717) is 6.04 Å². The van der Waals surface area contributed by atoms with E-state index in [9.17, 15) is 4.39 Å². The van der Waals surface area contributed by atoms with Crippen molar-refractivity contribution in [1.82, 2.24) is 20.1 Å². The van der Waals surface area contributed by atoms with Crippen LogP contribution in [0.3, 0.4) is 0 Å². The van der Waals surface area contributed by atoms with Gasteiger partial charge in [-0.05, 0) is 38.0 Å². The standard InChI is InChI=1S/C14H18ClFN4/c1-10(5-6-20-9-17-8-18-20)19-11(2)12-3-4-14(16)13(15)7-12/h3-4,7-11,19H,5-6H2,1-2H3. The summed E-state index contributed by atoms with van der Waals surface area (Å²) in [7, 11) is 0. The van der Waals surface area contributed by atoms with Gasteiger partial charge in [0.2, 0.25) is 0 Å². The van der Waals surface area contributed by atoms with Gasteiger partial charge in [-0.1, -0.05) is 17.7 Å². The molecule has 1 aromatic heterocycles. The highest BCUT2D eigenvalue weighted by Crippen LogP contribution is 2.21. The molecule has 0 spiro atoms. The number of benzene rings is 1. The van der Waals surface area contributed by atoms with Crippen molar-refractivity contribution < 1.29 is 4.39 Å². The lowest BCUT2D eigenvalue weighted by molar-refractivity contribution is 0.421. The lowest BCUT2D eigenvalue weighted by Gasteiger charge is -2.20. The fourth-order valence-electron chi connectivity index (χ4n) is 2.06. The molecule has 2 rings (SSSR count). The normalized spacial score (nSPS) is 14.2. The number of nitrogens with one attached hydrogen (secondary N) is 1. The van der Waals surface area contributed by atoms with E-state index in [2.05, 4.69) is 22.3 Å². The first kappa shape index (κ1) is 14.9. The summed E-state index contributed by atoms with van der Waals surface area (Å²) in [5, 5.41) is 7.69. The van der Waals surface area contributed by atoms with Crippen LogP contribution < -0.4 is 5.32 Å². The molecule has 0 aliphatic heterocycles. The Balaban J connectivity index is 1.86. The maximum atomic E-state index is 13.1. The average Bonchev–Trinajstić information content (AvgIpc) is 2.92. The van der Waals surface area contributed by atoms with E-state index in [0.717, 1.165) is 18.5 Å². The summed E-state index contributed by atoms with van der Waals surface area (Å²) in [4.78, 5) is 3.91. The van der Waals surface area contributed by atoms with Gasteiger partial charge in [0.05, 0.1) is 5.02 Å². The molecule has 4 nitrogen and oxygen atoms in total. The van der Waals surface area contributed by atoms with E-state index in [1.807, 2.05) is 6.92 Å². The van der Waals surface area contributed by atoms with Crippen LogP contribution in [0.25, 0.3) is 0 Å². The molecule has 108 valence electrons. The van der Waals surface area contributed by atoms with Gasteiger partial charge in [-0.3, -0.25) is 4.68 Å². The van der Waals surface area contributed by atoms with Crippen LogP contribution in [0.15, 0.2) is 30.9 Å². The summed E-state index contributed by atoms with van der Waals surface area (Å²) >= 11 is 5.80. The zero-order valence-electron chi connectivity index (χ0n) is 11.6. The zero-order chi connectivity index (χ0) is 14.5. The molecule has 1 heterocycles. The van der Waals surface area contributed by atoms with Crippen molar-refractivity contribution in [3.8, 4) is 0 Å². The molecule has 0 saturated carbocycles. The van der Waals surface area contributed by atoms with Crippen LogP contribution in [0.1, 0.15) is 31.9 Å². The third-order valence-corrected chi connectivity index (χ3v) is 3.53. The molecular formula is C14H18ClFN4. The first-order chi connectivity index (χ1) is 9.56. The summed E-state index contributed by atoms with van der Waals surface area (Å²) in [6, 6.07) is 5.23. The van der Waals surface area contributed by atoms with Crippen LogP contribution in [-0.4, -0.2) is 20.8 Å². The number of hydrogen-bond acceptors (Lipinski definition) is 3. The highest BCUT2D eigenvalue weighted by molar-refractivity contribution is 6.30. The molecule has 2 aromatic rings. The monoisotopic (exact) mass is 296 g/mol. The molecule has 0 fully saturated rings. The largest absolute Gasteiger partial charge is 0.308 e. The topological polar surface area (TPSA) is 42.7 Å². The molecule has 0 amide bonds. The van der Waals surface area contributed by atoms with Gasteiger partial charge in [-0.25, -0.2) is 9.37 Å². The Hall–Kier alpha value is -1.46. The highest BCUT2D eigenvalue weighted by atomic mass is 35.5. The number of rotatable bonds is 6. The summed E-state index contributed by atoms with van der Waals surface area (Å²) in [5.74, 6) is -0.387. The molecular weight excluding hydrogens is 279 g/mol. The Labute approximate surface area is 123 Å². The Morgan fingerprint density at radius 3 is 2.85 bits per heavy atom. The van der Waals surface area contributed by atoms with Gasteiger partial charge in [-0.15, -0.1) is 0 Å². The Morgan fingerprint density at radius 1 is 1.40 bits per heavy atom. The second-order valence-electron chi connectivity index (χ2n) is 4.91. The summed E-state index contributed by atoms with van der Waals surface area (Å²) in [6.45, 7) is 4.96. The smallest absolute Gasteiger partial charge is 0.141 e. The minimum atomic E-state index is -0.387. The number of halogens is 2. The van der Waals surface area contributed by atoms with E-state index >= 15 is 0 Å². The van der Waals surface area contributed by atoms with Crippen LogP contribution >= 0.6 is 11.6 Å². The first-order valence-corrected chi connectivity index (χ1v) is 6.97. The first-order valence-electron chi connectivity index (χ1n) is 6.59. The zero-order valence-corrected chi connectivity index (χ0v) is 12.3. The van der Waals surface area contributed by atoms with E-state index in [4.69, 9.17) is 11.6 Å². The van der Waals surface area contributed by atoms with E-state index in [1.165, 1.54) is 12.4 Å². The molecule has 0 aliphatic rings. The van der Waals surface area contributed by atoms with E-state index < -0.39 is 0 Å².